The number of nitrogens with one attached hydrogen (secondary N) is 1. The Balaban J connectivity index is 1.65. The first-order chi connectivity index (χ1) is 13.7. The molecule has 0 atom stereocenters. The zero-order valence-corrected chi connectivity index (χ0v) is 16.9. The lowest BCUT2D eigenvalue weighted by molar-refractivity contribution is -0.144. The van der Waals surface area contributed by atoms with Gasteiger partial charge < -0.3 is 15.3 Å². The highest BCUT2D eigenvalue weighted by molar-refractivity contribution is 7.90. The summed E-state index contributed by atoms with van der Waals surface area (Å²) in [5, 5.41) is 16.9. The van der Waals surface area contributed by atoms with E-state index in [0.29, 0.717) is 34.8 Å². The van der Waals surface area contributed by atoms with Gasteiger partial charge >= 0.3 is 11.8 Å². The van der Waals surface area contributed by atoms with Gasteiger partial charge in [0.2, 0.25) is 0 Å². The van der Waals surface area contributed by atoms with E-state index in [2.05, 4.69) is 10.4 Å². The van der Waals surface area contributed by atoms with Crippen molar-refractivity contribution in [3.8, 4) is 5.69 Å². The predicted octanol–water partition coefficient (Wildman–Crippen LogP) is 0.876. The molecule has 4 rings (SSSR count). The molecule has 0 spiro atoms. The average molecular weight is 439 g/mol. The van der Waals surface area contributed by atoms with Gasteiger partial charge in [-0.25, -0.2) is 13.1 Å². The van der Waals surface area contributed by atoms with Gasteiger partial charge in [-0.05, 0) is 31.0 Å². The van der Waals surface area contributed by atoms with Crippen LogP contribution in [0.2, 0.25) is 5.02 Å². The maximum absolute atomic E-state index is 12.6. The van der Waals surface area contributed by atoms with Crippen LogP contribution < -0.4 is 5.32 Å². The van der Waals surface area contributed by atoms with Crippen molar-refractivity contribution in [1.29, 1.82) is 0 Å². The number of likely N-dealkylation sites (tertiary alicyclic amines) is 1. The number of hydrogen-bond donors (Lipinski definition) is 2. The molecule has 2 aromatic rings. The van der Waals surface area contributed by atoms with Crippen LogP contribution in [-0.2, 0) is 30.9 Å². The monoisotopic (exact) mass is 438 g/mol. The van der Waals surface area contributed by atoms with Crippen LogP contribution in [0.25, 0.3) is 5.69 Å². The molecule has 29 heavy (non-hydrogen) atoms. The third-order valence-corrected chi connectivity index (χ3v) is 6.70. The van der Waals surface area contributed by atoms with Gasteiger partial charge in [0.25, 0.3) is 0 Å². The number of aromatic nitrogens is 2. The highest BCUT2D eigenvalue weighted by Gasteiger charge is 2.35. The Labute approximate surface area is 172 Å². The minimum atomic E-state index is -3.35. The molecule has 0 radical (unpaired) electrons. The van der Waals surface area contributed by atoms with Crippen molar-refractivity contribution in [3.05, 3.63) is 40.5 Å². The maximum Gasteiger partial charge on any atom is 0.315 e. The minimum absolute atomic E-state index is 0.152. The quantitative estimate of drug-likeness (QED) is 0.671. The molecule has 0 aliphatic carbocycles. The second-order valence-electron chi connectivity index (χ2n) is 7.18. The molecule has 0 saturated carbocycles. The molecule has 1 saturated heterocycles. The number of halogens is 1. The van der Waals surface area contributed by atoms with Crippen molar-refractivity contribution >= 4 is 39.1 Å². The van der Waals surface area contributed by atoms with Crippen LogP contribution in [0, 0.1) is 0 Å². The number of aliphatic hydroxyl groups excluding tert-OH is 1. The molecule has 0 unspecified atom stereocenters. The van der Waals surface area contributed by atoms with E-state index in [1.807, 2.05) is 0 Å². The van der Waals surface area contributed by atoms with Gasteiger partial charge in [-0.2, -0.15) is 5.10 Å². The van der Waals surface area contributed by atoms with E-state index in [-0.39, 0.29) is 30.4 Å². The molecular weight excluding hydrogens is 420 g/mol. The number of hydrogen-bond acceptors (Lipinski definition) is 6. The van der Waals surface area contributed by atoms with Crippen LogP contribution >= 0.6 is 11.6 Å². The number of sulfone groups is 1. The Kier molecular flexibility index (Phi) is 5.09. The fourth-order valence-electron chi connectivity index (χ4n) is 3.54. The van der Waals surface area contributed by atoms with E-state index < -0.39 is 27.8 Å². The third-order valence-electron chi connectivity index (χ3n) is 5.02. The van der Waals surface area contributed by atoms with Crippen molar-refractivity contribution < 1.29 is 23.1 Å². The number of nitrogens with zero attached hydrogens (tertiary/aromatic N) is 3. The SMILES string of the molecule is O=C(Nc1c2c(nn1-c1cccc(Cl)c1)CS(=O)(=O)C2)C(=O)N1CCC(O)CC1. The lowest BCUT2D eigenvalue weighted by atomic mass is 10.1. The Morgan fingerprint density at radius 2 is 1.93 bits per heavy atom. The Morgan fingerprint density at radius 3 is 2.62 bits per heavy atom. The summed E-state index contributed by atoms with van der Waals surface area (Å²) in [6, 6.07) is 6.73. The third kappa shape index (κ3) is 4.00. The summed E-state index contributed by atoms with van der Waals surface area (Å²) in [6.45, 7) is 0.570. The van der Waals surface area contributed by atoms with Crippen LogP contribution in [0.15, 0.2) is 24.3 Å². The number of aliphatic hydroxyl groups is 1. The largest absolute Gasteiger partial charge is 0.393 e. The molecule has 3 heterocycles. The first-order valence-electron chi connectivity index (χ1n) is 9.09. The smallest absolute Gasteiger partial charge is 0.315 e. The van der Waals surface area contributed by atoms with E-state index in [1.54, 1.807) is 24.3 Å². The summed E-state index contributed by atoms with van der Waals surface area (Å²) >= 11 is 6.05. The Morgan fingerprint density at radius 1 is 1.21 bits per heavy atom. The van der Waals surface area contributed by atoms with Crippen molar-refractivity contribution in [2.24, 2.45) is 0 Å². The molecule has 1 fully saturated rings. The van der Waals surface area contributed by atoms with Crippen LogP contribution in [0.4, 0.5) is 5.82 Å². The van der Waals surface area contributed by atoms with E-state index in [4.69, 9.17) is 11.6 Å². The fourth-order valence-corrected chi connectivity index (χ4v) is 5.22. The number of fused-ring (bicyclic) bond motifs is 1. The predicted molar refractivity (Wildman–Crippen MR) is 105 cm³/mol. The average Bonchev–Trinajstić information content (AvgIpc) is 3.14. The van der Waals surface area contributed by atoms with Crippen LogP contribution in [0.5, 0.6) is 0 Å². The lowest BCUT2D eigenvalue weighted by Crippen LogP contribution is -2.45. The van der Waals surface area contributed by atoms with Gasteiger partial charge in [0, 0.05) is 23.7 Å². The number of carbonyl (C=O) groups is 2. The van der Waals surface area contributed by atoms with Crippen LogP contribution in [0.3, 0.4) is 0 Å². The number of anilines is 1. The number of carbonyl (C=O) groups excluding carboxylic acids is 2. The van der Waals surface area contributed by atoms with E-state index in [1.165, 1.54) is 9.58 Å². The standard InChI is InChI=1S/C18H19ClN4O5S/c19-11-2-1-3-12(8-11)23-16(14-9-29(27,28)10-15(14)21-23)20-17(25)18(26)22-6-4-13(24)5-7-22/h1-3,8,13,24H,4-7,9-10H2,(H,20,25). The number of rotatable bonds is 2. The first-order valence-corrected chi connectivity index (χ1v) is 11.3. The molecule has 2 amide bonds. The topological polar surface area (TPSA) is 122 Å². The molecule has 11 heteroatoms. The zero-order valence-electron chi connectivity index (χ0n) is 15.3. The van der Waals surface area contributed by atoms with Crippen molar-refractivity contribution in [3.63, 3.8) is 0 Å². The van der Waals surface area contributed by atoms with Gasteiger partial charge in [-0.3, -0.25) is 9.59 Å². The molecule has 154 valence electrons. The molecule has 2 aliphatic heterocycles. The van der Waals surface area contributed by atoms with Gasteiger partial charge in [-0.15, -0.1) is 0 Å². The Hall–Kier alpha value is -2.43. The first kappa shape index (κ1) is 19.9. The van der Waals surface area contributed by atoms with E-state index in [0.717, 1.165) is 0 Å². The molecule has 1 aromatic carbocycles. The second-order valence-corrected chi connectivity index (χ2v) is 9.68. The summed E-state index contributed by atoms with van der Waals surface area (Å²) in [5.74, 6) is -1.94. The molecule has 0 bridgehead atoms. The molecule has 9 nitrogen and oxygen atoms in total. The van der Waals surface area contributed by atoms with Crippen molar-refractivity contribution in [2.45, 2.75) is 30.5 Å². The molecular formula is C18H19ClN4O5S. The summed E-state index contributed by atoms with van der Waals surface area (Å²) in [6.07, 6.45) is 0.347. The fraction of sp³-hybridized carbons (Fsp3) is 0.389. The lowest BCUT2D eigenvalue weighted by Gasteiger charge is -2.29. The minimum Gasteiger partial charge on any atom is -0.393 e. The number of amides is 2. The number of benzene rings is 1. The second kappa shape index (κ2) is 7.43. The van der Waals surface area contributed by atoms with Gasteiger partial charge in [0.05, 0.1) is 29.0 Å². The summed E-state index contributed by atoms with van der Waals surface area (Å²) in [7, 11) is -3.35. The number of piperidine rings is 1. The summed E-state index contributed by atoms with van der Waals surface area (Å²) in [4.78, 5) is 26.5. The summed E-state index contributed by atoms with van der Waals surface area (Å²) < 4.78 is 25.4. The van der Waals surface area contributed by atoms with Crippen molar-refractivity contribution in [1.82, 2.24) is 14.7 Å². The van der Waals surface area contributed by atoms with Crippen molar-refractivity contribution in [2.75, 3.05) is 18.4 Å². The van der Waals surface area contributed by atoms with Gasteiger partial charge in [-0.1, -0.05) is 17.7 Å². The molecule has 2 aliphatic rings. The molecule has 2 N–H and O–H groups in total. The normalized spacial score (nSPS) is 18.5. The van der Waals surface area contributed by atoms with Gasteiger partial charge in [0.15, 0.2) is 9.84 Å². The summed E-state index contributed by atoms with van der Waals surface area (Å²) in [5.41, 5.74) is 1.25. The highest BCUT2D eigenvalue weighted by Crippen LogP contribution is 2.33. The highest BCUT2D eigenvalue weighted by atomic mass is 35.5. The van der Waals surface area contributed by atoms with Crippen LogP contribution in [-0.4, -0.2) is 59.2 Å². The zero-order chi connectivity index (χ0) is 20.8. The van der Waals surface area contributed by atoms with E-state index in [9.17, 15) is 23.1 Å². The maximum atomic E-state index is 12.6. The van der Waals surface area contributed by atoms with Gasteiger partial charge in [0.1, 0.15) is 5.82 Å². The van der Waals surface area contributed by atoms with Crippen LogP contribution in [0.1, 0.15) is 24.1 Å². The Bertz CT molecular complexity index is 1090. The molecule has 1 aromatic heterocycles. The van der Waals surface area contributed by atoms with E-state index >= 15 is 0 Å².